The molecule has 1 saturated heterocycles. The summed E-state index contributed by atoms with van der Waals surface area (Å²) in [5.41, 5.74) is 3.38. The molecule has 1 unspecified atom stereocenters. The minimum Gasteiger partial charge on any atom is -0.361 e. The summed E-state index contributed by atoms with van der Waals surface area (Å²) in [6.45, 7) is 0.825. The predicted octanol–water partition coefficient (Wildman–Crippen LogP) is 3.98. The molecule has 0 spiro atoms. The standard InChI is InChI=1S/C19H18N2OS/c22-18(12-15-13-20-17-9-5-4-8-16(15)17)21-10-11-23-19(21)14-6-2-1-3-7-14/h1-9,13,19-20H,10-12H2. The van der Waals surface area contributed by atoms with Crippen LogP contribution in [0.3, 0.4) is 0 Å². The molecule has 1 atom stereocenters. The highest BCUT2D eigenvalue weighted by Crippen LogP contribution is 2.38. The number of rotatable bonds is 3. The van der Waals surface area contributed by atoms with Crippen LogP contribution in [0.25, 0.3) is 10.9 Å². The number of nitrogens with one attached hydrogen (secondary N) is 1. The van der Waals surface area contributed by atoms with E-state index in [1.165, 1.54) is 5.56 Å². The van der Waals surface area contributed by atoms with E-state index < -0.39 is 0 Å². The number of amides is 1. The Labute approximate surface area is 139 Å². The molecular formula is C19H18N2OS. The van der Waals surface area contributed by atoms with Crippen LogP contribution in [0, 0.1) is 0 Å². The minimum atomic E-state index is 0.147. The number of hydrogen-bond acceptors (Lipinski definition) is 2. The van der Waals surface area contributed by atoms with Crippen molar-refractivity contribution in [3.05, 3.63) is 71.9 Å². The number of carbonyl (C=O) groups is 1. The van der Waals surface area contributed by atoms with E-state index in [0.717, 1.165) is 28.8 Å². The fourth-order valence-electron chi connectivity index (χ4n) is 3.16. The zero-order valence-corrected chi connectivity index (χ0v) is 13.6. The largest absolute Gasteiger partial charge is 0.361 e. The van der Waals surface area contributed by atoms with Crippen molar-refractivity contribution in [1.82, 2.24) is 9.88 Å². The molecule has 0 aliphatic carbocycles. The molecule has 4 heteroatoms. The molecule has 116 valence electrons. The van der Waals surface area contributed by atoms with Crippen molar-refractivity contribution in [1.29, 1.82) is 0 Å². The normalized spacial score (nSPS) is 17.7. The second-order valence-corrected chi connectivity index (χ2v) is 6.95. The number of nitrogens with zero attached hydrogens (tertiary/aromatic N) is 1. The number of carbonyl (C=O) groups excluding carboxylic acids is 1. The van der Waals surface area contributed by atoms with Crippen LogP contribution in [0.15, 0.2) is 60.8 Å². The van der Waals surface area contributed by atoms with Gasteiger partial charge < -0.3 is 9.88 Å². The fourth-order valence-corrected chi connectivity index (χ4v) is 4.44. The van der Waals surface area contributed by atoms with Gasteiger partial charge in [-0.2, -0.15) is 0 Å². The molecule has 1 aliphatic heterocycles. The van der Waals surface area contributed by atoms with Gasteiger partial charge >= 0.3 is 0 Å². The molecule has 1 aromatic heterocycles. The van der Waals surface area contributed by atoms with E-state index in [4.69, 9.17) is 0 Å². The topological polar surface area (TPSA) is 36.1 Å². The Kier molecular flexibility index (Phi) is 3.83. The van der Waals surface area contributed by atoms with E-state index >= 15 is 0 Å². The summed E-state index contributed by atoms with van der Waals surface area (Å²) in [5, 5.41) is 1.29. The first-order valence-electron chi connectivity index (χ1n) is 7.84. The Hall–Kier alpha value is -2.20. The molecule has 0 bridgehead atoms. The SMILES string of the molecule is O=C(Cc1c[nH]c2ccccc12)N1CCSC1c1ccccc1. The highest BCUT2D eigenvalue weighted by molar-refractivity contribution is 7.99. The average molecular weight is 322 g/mol. The molecule has 23 heavy (non-hydrogen) atoms. The van der Waals surface area contributed by atoms with Crippen LogP contribution in [0.5, 0.6) is 0 Å². The number of hydrogen-bond donors (Lipinski definition) is 1. The molecule has 2 heterocycles. The molecule has 0 saturated carbocycles. The molecule has 1 aliphatic rings. The van der Waals surface area contributed by atoms with Crippen molar-refractivity contribution < 1.29 is 4.79 Å². The Balaban J connectivity index is 1.56. The van der Waals surface area contributed by atoms with Crippen molar-refractivity contribution in [3.8, 4) is 0 Å². The highest BCUT2D eigenvalue weighted by atomic mass is 32.2. The zero-order chi connectivity index (χ0) is 15.6. The van der Waals surface area contributed by atoms with Gasteiger partial charge in [-0.1, -0.05) is 48.5 Å². The fraction of sp³-hybridized carbons (Fsp3) is 0.211. The third kappa shape index (κ3) is 2.75. The third-order valence-corrected chi connectivity index (χ3v) is 5.57. The van der Waals surface area contributed by atoms with Crippen LogP contribution in [-0.4, -0.2) is 28.1 Å². The summed E-state index contributed by atoms with van der Waals surface area (Å²) >= 11 is 1.85. The van der Waals surface area contributed by atoms with Crippen LogP contribution in [-0.2, 0) is 11.2 Å². The van der Waals surface area contributed by atoms with Crippen LogP contribution >= 0.6 is 11.8 Å². The van der Waals surface area contributed by atoms with Gasteiger partial charge in [-0.15, -0.1) is 11.8 Å². The summed E-state index contributed by atoms with van der Waals surface area (Å²) in [6, 6.07) is 18.4. The highest BCUT2D eigenvalue weighted by Gasteiger charge is 2.30. The molecule has 1 amide bonds. The molecule has 2 aromatic carbocycles. The third-order valence-electron chi connectivity index (χ3n) is 4.31. The van der Waals surface area contributed by atoms with Crippen LogP contribution < -0.4 is 0 Å². The van der Waals surface area contributed by atoms with Gasteiger partial charge in [0.2, 0.25) is 5.91 Å². The molecule has 0 radical (unpaired) electrons. The van der Waals surface area contributed by atoms with Crippen molar-refractivity contribution in [2.24, 2.45) is 0 Å². The first-order valence-corrected chi connectivity index (χ1v) is 8.89. The Morgan fingerprint density at radius 3 is 2.78 bits per heavy atom. The van der Waals surface area contributed by atoms with Crippen molar-refractivity contribution >= 4 is 28.6 Å². The van der Waals surface area contributed by atoms with Crippen LogP contribution in [0.2, 0.25) is 0 Å². The lowest BCUT2D eigenvalue weighted by molar-refractivity contribution is -0.130. The summed E-state index contributed by atoms with van der Waals surface area (Å²) in [4.78, 5) is 18.1. The molecule has 4 rings (SSSR count). The van der Waals surface area contributed by atoms with Gasteiger partial charge in [0.15, 0.2) is 0 Å². The number of H-pyrrole nitrogens is 1. The molecule has 3 aromatic rings. The lowest BCUT2D eigenvalue weighted by Crippen LogP contribution is -2.31. The summed E-state index contributed by atoms with van der Waals surface area (Å²) in [5.74, 6) is 1.20. The van der Waals surface area contributed by atoms with Gasteiger partial charge in [0, 0.05) is 29.4 Å². The van der Waals surface area contributed by atoms with Gasteiger partial charge in [0.1, 0.15) is 5.37 Å². The van der Waals surface area contributed by atoms with Crippen molar-refractivity contribution in [2.75, 3.05) is 12.3 Å². The van der Waals surface area contributed by atoms with E-state index in [2.05, 4.69) is 23.2 Å². The maximum Gasteiger partial charge on any atom is 0.228 e. The second-order valence-electron chi connectivity index (χ2n) is 5.76. The first-order chi connectivity index (χ1) is 11.3. The number of aromatic nitrogens is 1. The van der Waals surface area contributed by atoms with Gasteiger partial charge in [-0.05, 0) is 17.2 Å². The molecule has 1 N–H and O–H groups in total. The zero-order valence-electron chi connectivity index (χ0n) is 12.7. The van der Waals surface area contributed by atoms with Gasteiger partial charge in [0.05, 0.1) is 6.42 Å². The number of fused-ring (bicyclic) bond motifs is 1. The quantitative estimate of drug-likeness (QED) is 0.791. The predicted molar refractivity (Wildman–Crippen MR) is 95.4 cm³/mol. The smallest absolute Gasteiger partial charge is 0.228 e. The number of thioether (sulfide) groups is 1. The van der Waals surface area contributed by atoms with Crippen molar-refractivity contribution in [2.45, 2.75) is 11.8 Å². The average Bonchev–Trinajstić information content (AvgIpc) is 3.23. The Bertz CT molecular complexity index is 828. The van der Waals surface area contributed by atoms with Crippen LogP contribution in [0.4, 0.5) is 0 Å². The summed E-state index contributed by atoms with van der Waals surface area (Å²) in [7, 11) is 0. The number of para-hydroxylation sites is 1. The Morgan fingerprint density at radius 2 is 1.91 bits per heavy atom. The molecule has 1 fully saturated rings. The van der Waals surface area contributed by atoms with E-state index in [0.29, 0.717) is 6.42 Å². The number of benzene rings is 2. The monoisotopic (exact) mass is 322 g/mol. The molecular weight excluding hydrogens is 304 g/mol. The van der Waals surface area contributed by atoms with Gasteiger partial charge in [-0.25, -0.2) is 0 Å². The van der Waals surface area contributed by atoms with E-state index in [9.17, 15) is 4.79 Å². The number of aromatic amines is 1. The summed E-state index contributed by atoms with van der Waals surface area (Å²) in [6.07, 6.45) is 2.41. The summed E-state index contributed by atoms with van der Waals surface area (Å²) < 4.78 is 0. The van der Waals surface area contributed by atoms with Gasteiger partial charge in [-0.3, -0.25) is 4.79 Å². The second kappa shape index (κ2) is 6.13. The van der Waals surface area contributed by atoms with Gasteiger partial charge in [0.25, 0.3) is 0 Å². The Morgan fingerprint density at radius 1 is 1.13 bits per heavy atom. The van der Waals surface area contributed by atoms with Crippen molar-refractivity contribution in [3.63, 3.8) is 0 Å². The minimum absolute atomic E-state index is 0.147. The van der Waals surface area contributed by atoms with E-state index in [1.807, 2.05) is 59.3 Å². The van der Waals surface area contributed by atoms with E-state index in [1.54, 1.807) is 0 Å². The lowest BCUT2D eigenvalue weighted by Gasteiger charge is -2.24. The van der Waals surface area contributed by atoms with Crippen LogP contribution in [0.1, 0.15) is 16.5 Å². The first kappa shape index (κ1) is 14.4. The maximum absolute atomic E-state index is 12.8. The molecule has 3 nitrogen and oxygen atoms in total. The maximum atomic E-state index is 12.8. The lowest BCUT2D eigenvalue weighted by atomic mass is 10.1. The van der Waals surface area contributed by atoms with E-state index in [-0.39, 0.29) is 11.3 Å².